The van der Waals surface area contributed by atoms with Crippen LogP contribution in [-0.2, 0) is 16.1 Å². The molecule has 1 aromatic heterocycles. The Morgan fingerprint density at radius 1 is 0.868 bits per heavy atom. The summed E-state index contributed by atoms with van der Waals surface area (Å²) in [5.74, 6) is 0.268. The largest absolute Gasteiger partial charge is 0.495 e. The molecule has 196 valence electrons. The number of para-hydroxylation sites is 3. The van der Waals surface area contributed by atoms with Gasteiger partial charge in [0, 0.05) is 23.8 Å². The van der Waals surface area contributed by atoms with Gasteiger partial charge in [-0.25, -0.2) is 10.5 Å². The van der Waals surface area contributed by atoms with Crippen LogP contribution in [0.1, 0.15) is 44.1 Å². The molecule has 7 nitrogen and oxygen atoms in total. The van der Waals surface area contributed by atoms with Crippen LogP contribution < -0.4 is 15.1 Å². The average Bonchev–Trinajstić information content (AvgIpc) is 2.97. The van der Waals surface area contributed by atoms with E-state index in [4.69, 9.17) is 14.9 Å². The monoisotopic (exact) mass is 511 g/mol. The SMILES string of the molecule is COc1ccccc1N(Cc1cccc(-c2ccc3ccccc3n2)c1)C(=O)CCCCCCC(=O)NO. The number of aromatic nitrogens is 1. The number of hydrogen-bond acceptors (Lipinski definition) is 5. The van der Waals surface area contributed by atoms with E-state index < -0.39 is 0 Å². The lowest BCUT2D eigenvalue weighted by Gasteiger charge is -2.25. The van der Waals surface area contributed by atoms with Crippen LogP contribution in [0.25, 0.3) is 22.2 Å². The van der Waals surface area contributed by atoms with Crippen molar-refractivity contribution >= 4 is 28.4 Å². The molecule has 3 aromatic carbocycles. The minimum absolute atomic E-state index is 0.0110. The van der Waals surface area contributed by atoms with E-state index >= 15 is 0 Å². The molecule has 4 rings (SSSR count). The second-order valence-electron chi connectivity index (χ2n) is 9.19. The van der Waals surface area contributed by atoms with Crippen molar-refractivity contribution in [2.75, 3.05) is 12.0 Å². The topological polar surface area (TPSA) is 91.8 Å². The first-order valence-electron chi connectivity index (χ1n) is 12.9. The van der Waals surface area contributed by atoms with Gasteiger partial charge in [-0.1, -0.05) is 67.4 Å². The van der Waals surface area contributed by atoms with Crippen molar-refractivity contribution in [3.63, 3.8) is 0 Å². The summed E-state index contributed by atoms with van der Waals surface area (Å²) in [5, 5.41) is 9.70. The van der Waals surface area contributed by atoms with Gasteiger partial charge >= 0.3 is 0 Å². The number of fused-ring (bicyclic) bond motifs is 1. The quantitative estimate of drug-likeness (QED) is 0.132. The predicted octanol–water partition coefficient (Wildman–Crippen LogP) is 6.29. The molecule has 2 amide bonds. The maximum Gasteiger partial charge on any atom is 0.243 e. The highest BCUT2D eigenvalue weighted by molar-refractivity contribution is 5.94. The van der Waals surface area contributed by atoms with Crippen molar-refractivity contribution in [1.82, 2.24) is 10.5 Å². The highest BCUT2D eigenvalue weighted by Gasteiger charge is 2.20. The normalized spacial score (nSPS) is 10.8. The van der Waals surface area contributed by atoms with Crippen LogP contribution in [0.15, 0.2) is 84.9 Å². The molecule has 0 saturated carbocycles. The van der Waals surface area contributed by atoms with Crippen molar-refractivity contribution in [1.29, 1.82) is 0 Å². The fourth-order valence-electron chi connectivity index (χ4n) is 4.51. The third-order valence-electron chi connectivity index (χ3n) is 6.51. The maximum absolute atomic E-state index is 13.5. The summed E-state index contributed by atoms with van der Waals surface area (Å²) < 4.78 is 5.58. The minimum atomic E-state index is -0.385. The van der Waals surface area contributed by atoms with Gasteiger partial charge < -0.3 is 9.64 Å². The molecule has 0 bridgehead atoms. The summed E-state index contributed by atoms with van der Waals surface area (Å²) in [7, 11) is 1.61. The highest BCUT2D eigenvalue weighted by atomic mass is 16.5. The van der Waals surface area contributed by atoms with Gasteiger partial charge in [-0.05, 0) is 48.7 Å². The van der Waals surface area contributed by atoms with E-state index in [1.165, 1.54) is 0 Å². The third kappa shape index (κ3) is 6.95. The summed E-state index contributed by atoms with van der Waals surface area (Å²) in [6.07, 6.45) is 3.69. The minimum Gasteiger partial charge on any atom is -0.495 e. The van der Waals surface area contributed by atoms with Crippen LogP contribution >= 0.6 is 0 Å². The van der Waals surface area contributed by atoms with Gasteiger partial charge in [0.05, 0.1) is 30.6 Å². The molecule has 4 aromatic rings. The number of hydroxylamine groups is 1. The van der Waals surface area contributed by atoms with Crippen molar-refractivity contribution in [2.24, 2.45) is 0 Å². The Morgan fingerprint density at radius 3 is 2.45 bits per heavy atom. The van der Waals surface area contributed by atoms with Crippen molar-refractivity contribution < 1.29 is 19.5 Å². The Bertz CT molecular complexity index is 1390. The Kier molecular flexibility index (Phi) is 9.43. The van der Waals surface area contributed by atoms with Gasteiger partial charge in [0.2, 0.25) is 11.8 Å². The molecule has 0 aliphatic rings. The lowest BCUT2D eigenvalue weighted by Crippen LogP contribution is -2.30. The number of benzene rings is 3. The molecular weight excluding hydrogens is 478 g/mol. The van der Waals surface area contributed by atoms with E-state index in [-0.39, 0.29) is 18.2 Å². The number of carbonyl (C=O) groups excluding carboxylic acids is 2. The summed E-state index contributed by atoms with van der Waals surface area (Å²) in [6, 6.07) is 27.8. The molecule has 2 N–H and O–H groups in total. The van der Waals surface area contributed by atoms with Crippen LogP contribution in [0.4, 0.5) is 5.69 Å². The van der Waals surface area contributed by atoms with Crippen molar-refractivity contribution in [2.45, 2.75) is 45.1 Å². The van der Waals surface area contributed by atoms with E-state index in [0.29, 0.717) is 31.6 Å². The smallest absolute Gasteiger partial charge is 0.243 e. The number of anilines is 1. The molecule has 0 radical (unpaired) electrons. The Labute approximate surface area is 223 Å². The molecule has 1 heterocycles. The molecule has 7 heteroatoms. The second-order valence-corrected chi connectivity index (χ2v) is 9.19. The van der Waals surface area contributed by atoms with Crippen LogP contribution in [0, 0.1) is 0 Å². The van der Waals surface area contributed by atoms with Gasteiger partial charge in [-0.15, -0.1) is 0 Å². The standard InChI is InChI=1S/C31H33N3O4/c1-38-29-16-9-8-15-28(29)34(31(36)18-5-3-2-4-17-30(35)33-37)22-23-11-10-13-25(21-23)27-20-19-24-12-6-7-14-26(24)32-27/h6-16,19-21,37H,2-5,17-18,22H2,1H3,(H,33,35). The zero-order valence-corrected chi connectivity index (χ0v) is 21.6. The number of hydrogen-bond donors (Lipinski definition) is 2. The Balaban J connectivity index is 1.51. The second kappa shape index (κ2) is 13.4. The first-order chi connectivity index (χ1) is 18.6. The van der Waals surface area contributed by atoms with E-state index in [0.717, 1.165) is 46.3 Å². The van der Waals surface area contributed by atoms with Crippen molar-refractivity contribution in [3.8, 4) is 17.0 Å². The first kappa shape index (κ1) is 26.8. The predicted molar refractivity (Wildman–Crippen MR) is 149 cm³/mol. The highest BCUT2D eigenvalue weighted by Crippen LogP contribution is 2.31. The molecule has 0 spiro atoms. The van der Waals surface area contributed by atoms with Gasteiger partial charge in [-0.2, -0.15) is 0 Å². The van der Waals surface area contributed by atoms with Gasteiger partial charge in [0.15, 0.2) is 0 Å². The van der Waals surface area contributed by atoms with E-state index in [1.807, 2.05) is 72.8 Å². The molecule has 0 aliphatic heterocycles. The molecular formula is C31H33N3O4. The molecule has 38 heavy (non-hydrogen) atoms. The Hall–Kier alpha value is -4.23. The van der Waals surface area contributed by atoms with Gasteiger partial charge in [-0.3, -0.25) is 14.8 Å². The number of ether oxygens (including phenoxy) is 1. The molecule has 0 fully saturated rings. The summed E-state index contributed by atoms with van der Waals surface area (Å²) in [5.41, 5.74) is 6.19. The summed E-state index contributed by atoms with van der Waals surface area (Å²) in [6.45, 7) is 0.400. The summed E-state index contributed by atoms with van der Waals surface area (Å²) >= 11 is 0. The maximum atomic E-state index is 13.5. The Morgan fingerprint density at radius 2 is 1.63 bits per heavy atom. The van der Waals surface area contributed by atoms with Gasteiger partial charge in [0.1, 0.15) is 5.75 Å². The number of nitrogens with zero attached hydrogens (tertiary/aromatic N) is 2. The van der Waals surface area contributed by atoms with E-state index in [9.17, 15) is 9.59 Å². The lowest BCUT2D eigenvalue weighted by atomic mass is 10.0. The van der Waals surface area contributed by atoms with Gasteiger partial charge in [0.25, 0.3) is 0 Å². The average molecular weight is 512 g/mol. The van der Waals surface area contributed by atoms with Crippen molar-refractivity contribution in [3.05, 3.63) is 90.5 Å². The van der Waals surface area contributed by atoms with Crippen LogP contribution in [0.3, 0.4) is 0 Å². The molecule has 0 atom stereocenters. The molecule has 0 unspecified atom stereocenters. The van der Waals surface area contributed by atoms with Crippen LogP contribution in [-0.4, -0.2) is 29.1 Å². The number of amides is 2. The number of methoxy groups -OCH3 is 1. The van der Waals surface area contributed by atoms with Crippen LogP contribution in [0.5, 0.6) is 5.75 Å². The van der Waals surface area contributed by atoms with Crippen LogP contribution in [0.2, 0.25) is 0 Å². The molecule has 0 aliphatic carbocycles. The fraction of sp³-hybridized carbons (Fsp3) is 0.258. The van der Waals surface area contributed by atoms with E-state index in [2.05, 4.69) is 12.1 Å². The number of carbonyl (C=O) groups is 2. The fourth-order valence-corrected chi connectivity index (χ4v) is 4.51. The summed E-state index contributed by atoms with van der Waals surface area (Å²) in [4.78, 5) is 31.2. The number of unbranched alkanes of at least 4 members (excludes halogenated alkanes) is 3. The number of rotatable bonds is 12. The third-order valence-corrected chi connectivity index (χ3v) is 6.51. The number of pyridine rings is 1. The van der Waals surface area contributed by atoms with E-state index in [1.54, 1.807) is 17.5 Å². The zero-order valence-electron chi connectivity index (χ0n) is 21.6. The number of nitrogens with one attached hydrogen (secondary N) is 1. The zero-order chi connectivity index (χ0) is 26.7. The lowest BCUT2D eigenvalue weighted by molar-refractivity contribution is -0.129. The molecule has 0 saturated heterocycles. The first-order valence-corrected chi connectivity index (χ1v) is 12.9.